The van der Waals surface area contributed by atoms with Gasteiger partial charge < -0.3 is 10.4 Å². The van der Waals surface area contributed by atoms with Gasteiger partial charge >= 0.3 is 6.18 Å². The zero-order valence-electron chi connectivity index (χ0n) is 19.2. The third-order valence-corrected chi connectivity index (χ3v) is 6.49. The normalized spacial score (nSPS) is 18.8. The highest BCUT2D eigenvalue weighted by Gasteiger charge is 2.50. The summed E-state index contributed by atoms with van der Waals surface area (Å²) in [6, 6.07) is 0.711. The number of halogens is 6. The van der Waals surface area contributed by atoms with Crippen molar-refractivity contribution >= 4 is 28.7 Å². The second-order valence-corrected chi connectivity index (χ2v) is 9.13. The van der Waals surface area contributed by atoms with Crippen LogP contribution in [0.25, 0.3) is 16.7 Å². The van der Waals surface area contributed by atoms with Crippen LogP contribution in [-0.2, 0) is 4.79 Å². The van der Waals surface area contributed by atoms with Crippen molar-refractivity contribution in [2.45, 2.75) is 37.6 Å². The van der Waals surface area contributed by atoms with Gasteiger partial charge in [-0.05, 0) is 30.9 Å². The zero-order chi connectivity index (χ0) is 27.5. The molecule has 1 saturated heterocycles. The molecule has 1 aliphatic carbocycles. The number of amides is 2. The SMILES string of the molecule is O=C(NC(C1CC1)C(F)(F)F)c1cn(-c2c(F)cc(F)cc2F)c2nc(N3CC[C@@H](O)C3=O)ccc2c1=O. The summed E-state index contributed by atoms with van der Waals surface area (Å²) < 4.78 is 84.3. The highest BCUT2D eigenvalue weighted by molar-refractivity contribution is 6.00. The Bertz CT molecular complexity index is 1510. The van der Waals surface area contributed by atoms with Crippen molar-refractivity contribution in [2.24, 2.45) is 5.92 Å². The third-order valence-electron chi connectivity index (χ3n) is 6.49. The lowest BCUT2D eigenvalue weighted by Crippen LogP contribution is -2.48. The van der Waals surface area contributed by atoms with Crippen molar-refractivity contribution in [3.05, 3.63) is 63.7 Å². The Balaban J connectivity index is 1.70. The van der Waals surface area contributed by atoms with E-state index >= 15 is 0 Å². The first-order valence-electron chi connectivity index (χ1n) is 11.4. The van der Waals surface area contributed by atoms with Crippen molar-refractivity contribution in [3.8, 4) is 5.69 Å². The van der Waals surface area contributed by atoms with E-state index in [0.717, 1.165) is 11.0 Å². The van der Waals surface area contributed by atoms with E-state index in [-0.39, 0.29) is 31.6 Å². The largest absolute Gasteiger partial charge is 0.408 e. The Labute approximate surface area is 209 Å². The predicted molar refractivity (Wildman–Crippen MR) is 120 cm³/mol. The van der Waals surface area contributed by atoms with Gasteiger partial charge in [0.1, 0.15) is 35.0 Å². The van der Waals surface area contributed by atoms with Crippen LogP contribution in [0.5, 0.6) is 0 Å². The minimum absolute atomic E-state index is 0.0441. The first-order chi connectivity index (χ1) is 17.9. The number of hydrogen-bond donors (Lipinski definition) is 2. The molecular formula is C24H18F6N4O4. The number of fused-ring (bicyclic) bond motifs is 1. The highest BCUT2D eigenvalue weighted by Crippen LogP contribution is 2.40. The van der Waals surface area contributed by atoms with Gasteiger partial charge in [0.2, 0.25) is 5.43 Å². The lowest BCUT2D eigenvalue weighted by molar-refractivity contribution is -0.158. The van der Waals surface area contributed by atoms with Crippen molar-refractivity contribution in [1.82, 2.24) is 14.9 Å². The van der Waals surface area contributed by atoms with Gasteiger partial charge in [0.05, 0.1) is 5.39 Å². The molecule has 2 aliphatic rings. The zero-order valence-corrected chi connectivity index (χ0v) is 19.2. The van der Waals surface area contributed by atoms with Crippen LogP contribution in [0.1, 0.15) is 29.6 Å². The van der Waals surface area contributed by atoms with E-state index in [0.29, 0.717) is 22.9 Å². The monoisotopic (exact) mass is 540 g/mol. The lowest BCUT2D eigenvalue weighted by atomic mass is 10.1. The van der Waals surface area contributed by atoms with Crippen molar-refractivity contribution < 1.29 is 41.0 Å². The van der Waals surface area contributed by atoms with E-state index in [1.165, 1.54) is 6.07 Å². The van der Waals surface area contributed by atoms with E-state index in [9.17, 15) is 45.8 Å². The van der Waals surface area contributed by atoms with E-state index in [1.54, 1.807) is 5.32 Å². The maximum Gasteiger partial charge on any atom is 0.408 e. The summed E-state index contributed by atoms with van der Waals surface area (Å²) in [6.07, 6.45) is -4.97. The summed E-state index contributed by atoms with van der Waals surface area (Å²) in [5.41, 5.74) is -3.37. The summed E-state index contributed by atoms with van der Waals surface area (Å²) in [7, 11) is 0. The minimum Gasteiger partial charge on any atom is -0.383 e. The molecule has 1 unspecified atom stereocenters. The van der Waals surface area contributed by atoms with Crippen LogP contribution in [0.4, 0.5) is 32.2 Å². The molecule has 8 nitrogen and oxygen atoms in total. The molecule has 1 saturated carbocycles. The first-order valence-corrected chi connectivity index (χ1v) is 11.4. The molecule has 2 fully saturated rings. The molecule has 2 atom stereocenters. The standard InChI is InChI=1S/C24H18F6N4O4/c25-11-7-14(26)18(15(27)8-11)34-9-13(22(37)32-20(10-1-2-10)24(28,29)30)19(36)12-3-4-17(31-21(12)34)33-6-5-16(35)23(33)38/h3-4,7-10,16,20,35H,1-2,5-6H2,(H,32,37)/t16-,20?/m1/s1. The van der Waals surface area contributed by atoms with Gasteiger partial charge in [-0.3, -0.25) is 23.9 Å². The van der Waals surface area contributed by atoms with E-state index in [1.807, 2.05) is 0 Å². The lowest BCUT2D eigenvalue weighted by Gasteiger charge is -2.22. The number of alkyl halides is 3. The van der Waals surface area contributed by atoms with Crippen molar-refractivity contribution in [2.75, 3.05) is 11.4 Å². The van der Waals surface area contributed by atoms with Gasteiger partial charge in [0, 0.05) is 31.3 Å². The first kappa shape index (κ1) is 25.7. The number of hydrogen-bond acceptors (Lipinski definition) is 5. The number of pyridine rings is 2. The molecule has 3 aromatic rings. The van der Waals surface area contributed by atoms with Gasteiger partial charge in [-0.15, -0.1) is 0 Å². The summed E-state index contributed by atoms with van der Waals surface area (Å²) in [5.74, 6) is -7.28. The number of nitrogens with one attached hydrogen (secondary N) is 1. The van der Waals surface area contributed by atoms with Gasteiger partial charge in [0.15, 0.2) is 17.3 Å². The molecule has 5 rings (SSSR count). The van der Waals surface area contributed by atoms with E-state index in [4.69, 9.17) is 0 Å². The predicted octanol–water partition coefficient (Wildman–Crippen LogP) is 2.97. The molecule has 2 amide bonds. The van der Waals surface area contributed by atoms with Crippen LogP contribution >= 0.6 is 0 Å². The average Bonchev–Trinajstić information content (AvgIpc) is 3.61. The number of benzene rings is 1. The Morgan fingerprint density at radius 1 is 1.08 bits per heavy atom. The molecule has 38 heavy (non-hydrogen) atoms. The molecule has 0 spiro atoms. The number of nitrogens with zero attached hydrogens (tertiary/aromatic N) is 3. The number of aromatic nitrogens is 2. The van der Waals surface area contributed by atoms with Crippen LogP contribution in [0.15, 0.2) is 35.3 Å². The molecule has 3 heterocycles. The number of carbonyl (C=O) groups excluding carboxylic acids is 2. The van der Waals surface area contributed by atoms with Gasteiger partial charge in [-0.2, -0.15) is 13.2 Å². The van der Waals surface area contributed by atoms with Crippen LogP contribution in [0.2, 0.25) is 0 Å². The fourth-order valence-electron chi connectivity index (χ4n) is 4.45. The molecule has 1 aromatic carbocycles. The number of rotatable bonds is 5. The maximum atomic E-state index is 14.8. The quantitative estimate of drug-likeness (QED) is 0.485. The number of carbonyl (C=O) groups is 2. The summed E-state index contributed by atoms with van der Waals surface area (Å²) in [4.78, 5) is 43.5. The molecular weight excluding hydrogens is 522 g/mol. The van der Waals surface area contributed by atoms with Crippen molar-refractivity contribution in [1.29, 1.82) is 0 Å². The van der Waals surface area contributed by atoms with E-state index in [2.05, 4.69) is 4.98 Å². The fraction of sp³-hybridized carbons (Fsp3) is 0.333. The van der Waals surface area contributed by atoms with Gasteiger partial charge in [0.25, 0.3) is 11.8 Å². The van der Waals surface area contributed by atoms with E-state index < -0.39 is 81.2 Å². The Hall–Kier alpha value is -3.94. The topological polar surface area (TPSA) is 105 Å². The van der Waals surface area contributed by atoms with Gasteiger partial charge in [-0.1, -0.05) is 0 Å². The molecule has 0 radical (unpaired) electrons. The summed E-state index contributed by atoms with van der Waals surface area (Å²) in [6.45, 7) is 0.0441. The second-order valence-electron chi connectivity index (χ2n) is 9.13. The summed E-state index contributed by atoms with van der Waals surface area (Å²) >= 11 is 0. The highest BCUT2D eigenvalue weighted by atomic mass is 19.4. The number of aliphatic hydroxyl groups is 1. The second kappa shape index (κ2) is 9.11. The van der Waals surface area contributed by atoms with Crippen LogP contribution < -0.4 is 15.6 Å². The number of anilines is 1. The fourth-order valence-corrected chi connectivity index (χ4v) is 4.45. The summed E-state index contributed by atoms with van der Waals surface area (Å²) in [5, 5.41) is 11.1. The van der Waals surface area contributed by atoms with Crippen LogP contribution in [0.3, 0.4) is 0 Å². The smallest absolute Gasteiger partial charge is 0.383 e. The maximum absolute atomic E-state index is 14.8. The van der Waals surface area contributed by atoms with Gasteiger partial charge in [-0.25, -0.2) is 18.2 Å². The van der Waals surface area contributed by atoms with Crippen LogP contribution in [-0.4, -0.2) is 51.3 Å². The number of aliphatic hydroxyl groups excluding tert-OH is 1. The molecule has 2 aromatic heterocycles. The Morgan fingerprint density at radius 3 is 2.29 bits per heavy atom. The Kier molecular flexibility index (Phi) is 6.16. The molecule has 0 bridgehead atoms. The molecule has 14 heteroatoms. The Morgan fingerprint density at radius 2 is 1.74 bits per heavy atom. The average molecular weight is 540 g/mol. The molecule has 200 valence electrons. The third kappa shape index (κ3) is 4.48. The minimum atomic E-state index is -4.80. The van der Waals surface area contributed by atoms with Crippen molar-refractivity contribution in [3.63, 3.8) is 0 Å². The molecule has 1 aliphatic heterocycles. The molecule has 2 N–H and O–H groups in total. The van der Waals surface area contributed by atoms with Crippen LogP contribution in [0, 0.1) is 23.4 Å².